The van der Waals surface area contributed by atoms with Gasteiger partial charge in [-0.05, 0) is 42.0 Å². The summed E-state index contributed by atoms with van der Waals surface area (Å²) in [6.07, 6.45) is 1.27. The summed E-state index contributed by atoms with van der Waals surface area (Å²) < 4.78 is 12.9. The van der Waals surface area contributed by atoms with E-state index in [1.54, 1.807) is 12.1 Å². The standard InChI is InChI=1S/C11H13ClFNS/c12-10-5-9(1-2-11(10)13)14-6-8-3-4-15-7-8/h1-2,5,8,14H,3-4,6-7H2. The largest absolute Gasteiger partial charge is 0.385 e. The molecule has 0 bridgehead atoms. The normalized spacial score (nSPS) is 20.5. The van der Waals surface area contributed by atoms with Gasteiger partial charge in [0.15, 0.2) is 0 Å². The van der Waals surface area contributed by atoms with Crippen LogP contribution in [0.15, 0.2) is 18.2 Å². The Morgan fingerprint density at radius 3 is 3.07 bits per heavy atom. The molecule has 1 fully saturated rings. The molecule has 1 aliphatic heterocycles. The lowest BCUT2D eigenvalue weighted by Gasteiger charge is -2.11. The van der Waals surface area contributed by atoms with E-state index in [9.17, 15) is 4.39 Å². The Morgan fingerprint density at radius 1 is 1.53 bits per heavy atom. The summed E-state index contributed by atoms with van der Waals surface area (Å²) in [7, 11) is 0. The van der Waals surface area contributed by atoms with Crippen LogP contribution in [0.3, 0.4) is 0 Å². The fourth-order valence-electron chi connectivity index (χ4n) is 1.61. The molecule has 0 radical (unpaired) electrons. The third kappa shape index (κ3) is 3.02. The van der Waals surface area contributed by atoms with Crippen molar-refractivity contribution in [3.05, 3.63) is 29.0 Å². The minimum atomic E-state index is -0.362. The van der Waals surface area contributed by atoms with Crippen LogP contribution in [-0.2, 0) is 0 Å². The van der Waals surface area contributed by atoms with E-state index in [2.05, 4.69) is 5.32 Å². The highest BCUT2D eigenvalue weighted by molar-refractivity contribution is 7.99. The van der Waals surface area contributed by atoms with Crippen LogP contribution in [0.2, 0.25) is 5.02 Å². The molecule has 1 atom stereocenters. The Labute approximate surface area is 98.4 Å². The molecule has 1 heterocycles. The Bertz CT molecular complexity index is 339. The van der Waals surface area contributed by atoms with Gasteiger partial charge in [-0.3, -0.25) is 0 Å². The predicted molar refractivity (Wildman–Crippen MR) is 65.3 cm³/mol. The Morgan fingerprint density at radius 2 is 2.40 bits per heavy atom. The van der Waals surface area contributed by atoms with Gasteiger partial charge in [-0.1, -0.05) is 11.6 Å². The van der Waals surface area contributed by atoms with Crippen molar-refractivity contribution in [1.82, 2.24) is 0 Å². The van der Waals surface area contributed by atoms with Crippen LogP contribution in [0.4, 0.5) is 10.1 Å². The SMILES string of the molecule is Fc1ccc(NCC2CCSC2)cc1Cl. The zero-order chi connectivity index (χ0) is 10.7. The van der Waals surface area contributed by atoms with Crippen LogP contribution in [0.5, 0.6) is 0 Å². The van der Waals surface area contributed by atoms with Crippen molar-refractivity contribution in [2.45, 2.75) is 6.42 Å². The molecule has 0 saturated carbocycles. The molecule has 0 aromatic heterocycles. The second-order valence-corrected chi connectivity index (χ2v) is 5.30. The molecule has 1 aromatic rings. The van der Waals surface area contributed by atoms with E-state index in [0.717, 1.165) is 18.2 Å². The van der Waals surface area contributed by atoms with Crippen LogP contribution in [0.1, 0.15) is 6.42 Å². The minimum Gasteiger partial charge on any atom is -0.385 e. The number of hydrogen-bond acceptors (Lipinski definition) is 2. The Hall–Kier alpha value is -0.410. The zero-order valence-corrected chi connectivity index (χ0v) is 9.87. The molecule has 1 unspecified atom stereocenters. The molecule has 82 valence electrons. The highest BCUT2D eigenvalue weighted by atomic mass is 35.5. The van der Waals surface area contributed by atoms with Crippen molar-refractivity contribution >= 4 is 29.1 Å². The summed E-state index contributed by atoms with van der Waals surface area (Å²) in [6, 6.07) is 4.76. The van der Waals surface area contributed by atoms with E-state index >= 15 is 0 Å². The molecule has 0 aliphatic carbocycles. The van der Waals surface area contributed by atoms with Gasteiger partial charge in [0.2, 0.25) is 0 Å². The number of thioether (sulfide) groups is 1. The van der Waals surface area contributed by atoms with Crippen molar-refractivity contribution in [3.8, 4) is 0 Å². The molecule has 1 nitrogen and oxygen atoms in total. The van der Waals surface area contributed by atoms with Gasteiger partial charge in [0.1, 0.15) is 5.82 Å². The lowest BCUT2D eigenvalue weighted by molar-refractivity contribution is 0.625. The van der Waals surface area contributed by atoms with Gasteiger partial charge in [0.25, 0.3) is 0 Å². The first-order valence-electron chi connectivity index (χ1n) is 5.02. The van der Waals surface area contributed by atoms with Crippen LogP contribution in [0.25, 0.3) is 0 Å². The van der Waals surface area contributed by atoms with Gasteiger partial charge in [0, 0.05) is 12.2 Å². The number of halogens is 2. The Balaban J connectivity index is 1.90. The highest BCUT2D eigenvalue weighted by Crippen LogP contribution is 2.24. The average Bonchev–Trinajstić information content (AvgIpc) is 2.73. The summed E-state index contributed by atoms with van der Waals surface area (Å²) >= 11 is 7.69. The minimum absolute atomic E-state index is 0.181. The van der Waals surface area contributed by atoms with E-state index in [1.807, 2.05) is 11.8 Å². The molecule has 2 rings (SSSR count). The topological polar surface area (TPSA) is 12.0 Å². The Kier molecular flexibility index (Phi) is 3.76. The maximum atomic E-state index is 12.9. The second-order valence-electron chi connectivity index (χ2n) is 3.74. The van der Waals surface area contributed by atoms with Crippen LogP contribution >= 0.6 is 23.4 Å². The third-order valence-corrected chi connectivity index (χ3v) is 4.06. The smallest absolute Gasteiger partial charge is 0.141 e. The number of nitrogens with one attached hydrogen (secondary N) is 1. The van der Waals surface area contributed by atoms with E-state index in [-0.39, 0.29) is 10.8 Å². The first-order valence-corrected chi connectivity index (χ1v) is 6.55. The van der Waals surface area contributed by atoms with E-state index in [4.69, 9.17) is 11.6 Å². The maximum Gasteiger partial charge on any atom is 0.141 e. The number of hydrogen-bond donors (Lipinski definition) is 1. The van der Waals surface area contributed by atoms with Crippen molar-refractivity contribution in [3.63, 3.8) is 0 Å². The molecule has 0 amide bonds. The molecular formula is C11H13ClFNS. The van der Waals surface area contributed by atoms with Crippen molar-refractivity contribution in [1.29, 1.82) is 0 Å². The lowest BCUT2D eigenvalue weighted by Crippen LogP contribution is -2.13. The summed E-state index contributed by atoms with van der Waals surface area (Å²) in [5, 5.41) is 3.47. The summed E-state index contributed by atoms with van der Waals surface area (Å²) in [4.78, 5) is 0. The first kappa shape index (κ1) is 11.1. The second kappa shape index (κ2) is 5.08. The highest BCUT2D eigenvalue weighted by Gasteiger charge is 2.14. The van der Waals surface area contributed by atoms with Crippen molar-refractivity contribution < 1.29 is 4.39 Å². The fourth-order valence-corrected chi connectivity index (χ4v) is 3.08. The van der Waals surface area contributed by atoms with Crippen LogP contribution < -0.4 is 5.32 Å². The molecule has 1 N–H and O–H groups in total. The van der Waals surface area contributed by atoms with E-state index in [1.165, 1.54) is 24.0 Å². The number of benzene rings is 1. The predicted octanol–water partition coefficient (Wildman–Crippen LogP) is 3.64. The van der Waals surface area contributed by atoms with Crippen molar-refractivity contribution in [2.24, 2.45) is 5.92 Å². The summed E-state index contributed by atoms with van der Waals surface area (Å²) in [6.45, 7) is 0.953. The third-order valence-electron chi connectivity index (χ3n) is 2.54. The monoisotopic (exact) mass is 245 g/mol. The van der Waals surface area contributed by atoms with Gasteiger partial charge >= 0.3 is 0 Å². The van der Waals surface area contributed by atoms with Gasteiger partial charge < -0.3 is 5.32 Å². The number of anilines is 1. The van der Waals surface area contributed by atoms with Crippen molar-refractivity contribution in [2.75, 3.05) is 23.4 Å². The fraction of sp³-hybridized carbons (Fsp3) is 0.455. The van der Waals surface area contributed by atoms with Gasteiger partial charge in [-0.15, -0.1) is 0 Å². The molecule has 4 heteroatoms. The van der Waals surface area contributed by atoms with Gasteiger partial charge in [-0.2, -0.15) is 11.8 Å². The molecule has 1 aliphatic rings. The molecular weight excluding hydrogens is 233 g/mol. The summed E-state index contributed by atoms with van der Waals surface area (Å²) in [5.41, 5.74) is 0.901. The molecule has 0 spiro atoms. The quantitative estimate of drug-likeness (QED) is 0.873. The first-order chi connectivity index (χ1) is 7.25. The number of rotatable bonds is 3. The maximum absolute atomic E-state index is 12.9. The summed E-state index contributed by atoms with van der Waals surface area (Å²) in [5.74, 6) is 2.86. The van der Waals surface area contributed by atoms with Gasteiger partial charge in [-0.25, -0.2) is 4.39 Å². The van der Waals surface area contributed by atoms with E-state index < -0.39 is 0 Å². The van der Waals surface area contributed by atoms with Crippen LogP contribution in [-0.4, -0.2) is 18.1 Å². The van der Waals surface area contributed by atoms with Crippen LogP contribution in [0, 0.1) is 11.7 Å². The molecule has 1 aromatic carbocycles. The molecule has 1 saturated heterocycles. The van der Waals surface area contributed by atoms with Gasteiger partial charge in [0.05, 0.1) is 5.02 Å². The average molecular weight is 246 g/mol. The van der Waals surface area contributed by atoms with E-state index in [0.29, 0.717) is 0 Å². The molecule has 15 heavy (non-hydrogen) atoms. The zero-order valence-electron chi connectivity index (χ0n) is 8.30. The lowest BCUT2D eigenvalue weighted by atomic mass is 10.1.